The summed E-state index contributed by atoms with van der Waals surface area (Å²) in [6.45, 7) is 1.90. The van der Waals surface area contributed by atoms with Crippen molar-refractivity contribution in [1.82, 2.24) is 14.5 Å². The zero-order valence-corrected chi connectivity index (χ0v) is 15.0. The summed E-state index contributed by atoms with van der Waals surface area (Å²) in [5, 5.41) is 9.64. The second kappa shape index (κ2) is 6.31. The van der Waals surface area contributed by atoms with Crippen LogP contribution in [-0.4, -0.2) is 20.4 Å². The van der Waals surface area contributed by atoms with E-state index in [1.165, 1.54) is 22.7 Å². The number of hydrogen-bond acceptors (Lipinski definition) is 6. The molecule has 8 heteroatoms. The maximum atomic E-state index is 12.3. The zero-order valence-electron chi connectivity index (χ0n) is 12.6. The van der Waals surface area contributed by atoms with Crippen molar-refractivity contribution in [3.05, 3.63) is 57.3 Å². The van der Waals surface area contributed by atoms with Crippen molar-refractivity contribution in [1.29, 1.82) is 0 Å². The van der Waals surface area contributed by atoms with Crippen molar-refractivity contribution >= 4 is 45.7 Å². The number of amides is 1. The third-order valence-electron chi connectivity index (χ3n) is 3.38. The van der Waals surface area contributed by atoms with Gasteiger partial charge in [0.25, 0.3) is 5.91 Å². The molecule has 0 aliphatic rings. The highest BCUT2D eigenvalue weighted by atomic mass is 32.1. The molecule has 0 saturated carbocycles. The normalized spacial score (nSPS) is 10.9. The van der Waals surface area contributed by atoms with Crippen LogP contribution in [0.5, 0.6) is 0 Å². The lowest BCUT2D eigenvalue weighted by molar-refractivity contribution is 0.103. The topological polar surface area (TPSA) is 59.8 Å². The number of rotatable bonds is 4. The van der Waals surface area contributed by atoms with Gasteiger partial charge >= 0.3 is 0 Å². The summed E-state index contributed by atoms with van der Waals surface area (Å²) >= 11 is 4.59. The molecule has 0 aliphatic carbocycles. The van der Waals surface area contributed by atoms with Crippen LogP contribution in [0.25, 0.3) is 15.7 Å². The van der Waals surface area contributed by atoms with E-state index in [2.05, 4.69) is 15.3 Å². The first-order chi connectivity index (χ1) is 11.7. The fourth-order valence-corrected chi connectivity index (χ4v) is 4.53. The summed E-state index contributed by atoms with van der Waals surface area (Å²) in [4.78, 5) is 23.1. The Morgan fingerprint density at radius 2 is 2.00 bits per heavy atom. The van der Waals surface area contributed by atoms with E-state index in [4.69, 9.17) is 0 Å². The van der Waals surface area contributed by atoms with Crippen molar-refractivity contribution in [3.63, 3.8) is 0 Å². The first kappa shape index (κ1) is 15.3. The molecule has 0 aromatic carbocycles. The maximum absolute atomic E-state index is 12.3. The first-order valence-corrected chi connectivity index (χ1v) is 9.75. The fourth-order valence-electron chi connectivity index (χ4n) is 2.26. The number of anilines is 1. The van der Waals surface area contributed by atoms with Crippen LogP contribution in [-0.2, 0) is 0 Å². The number of carbonyl (C=O) groups excluding carboxylic acids is 1. The van der Waals surface area contributed by atoms with Crippen molar-refractivity contribution in [2.45, 2.75) is 6.92 Å². The number of nitrogens with zero attached hydrogens (tertiary/aromatic N) is 3. The summed E-state index contributed by atoms with van der Waals surface area (Å²) in [6.07, 6.45) is 1.66. The van der Waals surface area contributed by atoms with Gasteiger partial charge in [-0.3, -0.25) is 9.36 Å². The van der Waals surface area contributed by atoms with E-state index < -0.39 is 0 Å². The van der Waals surface area contributed by atoms with E-state index in [0.29, 0.717) is 10.7 Å². The number of aromatic nitrogens is 3. The van der Waals surface area contributed by atoms with Gasteiger partial charge in [-0.05, 0) is 29.8 Å². The molecule has 0 spiro atoms. The second-order valence-corrected chi connectivity index (χ2v) is 7.68. The molecule has 4 aromatic rings. The molecular formula is C16H12N4OS3. The third-order valence-corrected chi connectivity index (χ3v) is 5.97. The minimum absolute atomic E-state index is 0.138. The second-order valence-electron chi connectivity index (χ2n) is 4.95. The number of thiophene rings is 2. The largest absolute Gasteiger partial charge is 0.306 e. The Bertz CT molecular complexity index is 967. The lowest BCUT2D eigenvalue weighted by Gasteiger charge is -2.07. The van der Waals surface area contributed by atoms with Gasteiger partial charge < -0.3 is 5.32 Å². The molecule has 4 heterocycles. The third kappa shape index (κ3) is 2.79. The average molecular weight is 373 g/mol. The van der Waals surface area contributed by atoms with Crippen LogP contribution in [0.4, 0.5) is 5.82 Å². The van der Waals surface area contributed by atoms with Crippen LogP contribution in [0, 0.1) is 6.92 Å². The molecule has 0 bridgehead atoms. The number of nitrogens with one attached hydrogen (secondary N) is 1. The van der Waals surface area contributed by atoms with Crippen LogP contribution >= 0.6 is 34.0 Å². The monoisotopic (exact) mass is 372 g/mol. The Morgan fingerprint density at radius 1 is 1.17 bits per heavy atom. The van der Waals surface area contributed by atoms with E-state index >= 15 is 0 Å². The molecule has 0 atom stereocenters. The zero-order chi connectivity index (χ0) is 16.5. The molecule has 0 fully saturated rings. The molecule has 0 unspecified atom stereocenters. The van der Waals surface area contributed by atoms with Crippen molar-refractivity contribution < 1.29 is 4.79 Å². The molecule has 1 amide bonds. The van der Waals surface area contributed by atoms with E-state index in [1.54, 1.807) is 23.6 Å². The Labute approximate surface area is 150 Å². The molecule has 1 N–H and O–H groups in total. The molecule has 0 aliphatic heterocycles. The predicted molar refractivity (Wildman–Crippen MR) is 99.6 cm³/mol. The highest BCUT2D eigenvalue weighted by Crippen LogP contribution is 2.30. The summed E-state index contributed by atoms with van der Waals surface area (Å²) in [6, 6.07) is 7.71. The molecule has 24 heavy (non-hydrogen) atoms. The maximum Gasteiger partial charge on any atom is 0.266 e. The molecule has 120 valence electrons. The average Bonchev–Trinajstić information content (AvgIpc) is 3.35. The number of thiazole rings is 1. The molecule has 4 aromatic heterocycles. The SMILES string of the molecule is Cc1ncc(NC(=O)c2cccs2)n1-c1nc(-c2cccs2)cs1. The molecular weight excluding hydrogens is 360 g/mol. The smallest absolute Gasteiger partial charge is 0.266 e. The van der Waals surface area contributed by atoms with E-state index in [-0.39, 0.29) is 5.91 Å². The first-order valence-electron chi connectivity index (χ1n) is 7.11. The number of hydrogen-bond donors (Lipinski definition) is 1. The van der Waals surface area contributed by atoms with E-state index in [0.717, 1.165) is 21.5 Å². The van der Waals surface area contributed by atoms with Crippen LogP contribution in [0.3, 0.4) is 0 Å². The van der Waals surface area contributed by atoms with E-state index in [1.807, 2.05) is 45.8 Å². The highest BCUT2D eigenvalue weighted by Gasteiger charge is 2.16. The van der Waals surface area contributed by atoms with Gasteiger partial charge in [-0.15, -0.1) is 34.0 Å². The lowest BCUT2D eigenvalue weighted by atomic mass is 10.4. The van der Waals surface area contributed by atoms with Gasteiger partial charge in [0.05, 0.1) is 21.6 Å². The minimum atomic E-state index is -0.138. The number of imidazole rings is 1. The fraction of sp³-hybridized carbons (Fsp3) is 0.0625. The Balaban J connectivity index is 1.66. The van der Waals surface area contributed by atoms with Crippen LogP contribution in [0.15, 0.2) is 46.6 Å². The van der Waals surface area contributed by atoms with Gasteiger partial charge in [0.1, 0.15) is 11.6 Å². The van der Waals surface area contributed by atoms with Crippen molar-refractivity contribution in [2.24, 2.45) is 0 Å². The lowest BCUT2D eigenvalue weighted by Crippen LogP contribution is -2.13. The van der Waals surface area contributed by atoms with Crippen molar-refractivity contribution in [3.8, 4) is 15.7 Å². The van der Waals surface area contributed by atoms with Gasteiger partial charge in [0.2, 0.25) is 0 Å². The Hall–Kier alpha value is -2.29. The summed E-state index contributed by atoms with van der Waals surface area (Å²) in [5.41, 5.74) is 0.939. The molecule has 4 rings (SSSR count). The van der Waals surface area contributed by atoms with Crippen molar-refractivity contribution in [2.75, 3.05) is 5.32 Å². The summed E-state index contributed by atoms with van der Waals surface area (Å²) in [5.74, 6) is 1.27. The summed E-state index contributed by atoms with van der Waals surface area (Å²) < 4.78 is 1.87. The standard InChI is InChI=1S/C16H12N4OS3/c1-10-17-8-14(19-15(21)13-5-3-7-23-13)20(10)16-18-11(9-24-16)12-4-2-6-22-12/h2-9H,1H3,(H,19,21). The quantitative estimate of drug-likeness (QED) is 0.566. The Kier molecular flexibility index (Phi) is 4.01. The molecule has 5 nitrogen and oxygen atoms in total. The van der Waals surface area contributed by atoms with Crippen LogP contribution in [0.2, 0.25) is 0 Å². The van der Waals surface area contributed by atoms with E-state index in [9.17, 15) is 4.79 Å². The highest BCUT2D eigenvalue weighted by molar-refractivity contribution is 7.15. The van der Waals surface area contributed by atoms with Gasteiger partial charge in [-0.2, -0.15) is 0 Å². The van der Waals surface area contributed by atoms with Gasteiger partial charge in [0.15, 0.2) is 5.13 Å². The number of aryl methyl sites for hydroxylation is 1. The van der Waals surface area contributed by atoms with Gasteiger partial charge in [-0.1, -0.05) is 12.1 Å². The van der Waals surface area contributed by atoms with Gasteiger partial charge in [0, 0.05) is 5.38 Å². The van der Waals surface area contributed by atoms with Crippen LogP contribution in [0.1, 0.15) is 15.5 Å². The van der Waals surface area contributed by atoms with Crippen LogP contribution < -0.4 is 5.32 Å². The summed E-state index contributed by atoms with van der Waals surface area (Å²) in [7, 11) is 0. The minimum Gasteiger partial charge on any atom is -0.306 e. The molecule has 0 radical (unpaired) electrons. The Morgan fingerprint density at radius 3 is 2.75 bits per heavy atom. The molecule has 0 saturated heterocycles. The predicted octanol–water partition coefficient (Wildman–Crippen LogP) is 4.68. The van der Waals surface area contributed by atoms with Gasteiger partial charge in [-0.25, -0.2) is 9.97 Å². The number of carbonyl (C=O) groups is 1.